The first kappa shape index (κ1) is 20.3. The second kappa shape index (κ2) is 8.29. The molecule has 0 aliphatic heterocycles. The van der Waals surface area contributed by atoms with Crippen LogP contribution in [-0.2, 0) is 13.5 Å². The van der Waals surface area contributed by atoms with Gasteiger partial charge in [0.2, 0.25) is 5.71 Å². The summed E-state index contributed by atoms with van der Waals surface area (Å²) in [6.45, 7) is -1.20. The van der Waals surface area contributed by atoms with E-state index in [0.717, 1.165) is 0 Å². The van der Waals surface area contributed by atoms with Crippen molar-refractivity contribution in [1.82, 2.24) is 14.9 Å². The van der Waals surface area contributed by atoms with Crippen LogP contribution < -0.4 is 20.3 Å². The predicted octanol–water partition coefficient (Wildman–Crippen LogP) is 2.42. The van der Waals surface area contributed by atoms with Crippen molar-refractivity contribution in [2.45, 2.75) is 20.0 Å². The molecule has 0 saturated heterocycles. The van der Waals surface area contributed by atoms with Gasteiger partial charge in [0.25, 0.3) is 11.5 Å². The summed E-state index contributed by atoms with van der Waals surface area (Å²) >= 11 is 0. The quantitative estimate of drug-likeness (QED) is 0.646. The molecule has 1 aromatic carbocycles. The molecule has 0 radical (unpaired) electrons. The lowest BCUT2D eigenvalue weighted by Gasteiger charge is -2.12. The lowest BCUT2D eigenvalue weighted by Crippen LogP contribution is -2.28. The number of alkyl halides is 2. The van der Waals surface area contributed by atoms with Gasteiger partial charge in [0.15, 0.2) is 11.5 Å². The fraction of sp³-hybridized carbons (Fsp3) is 0.316. The number of fused-ring (bicyclic) bond motifs is 1. The predicted molar refractivity (Wildman–Crippen MR) is 99.7 cm³/mol. The molecule has 1 N–H and O–H groups in total. The molecule has 154 valence electrons. The number of aromatic nitrogens is 2. The van der Waals surface area contributed by atoms with E-state index >= 15 is 0 Å². The number of halogens is 2. The number of benzene rings is 1. The van der Waals surface area contributed by atoms with Crippen LogP contribution >= 0.6 is 0 Å². The first-order chi connectivity index (χ1) is 13.8. The van der Waals surface area contributed by atoms with Crippen LogP contribution in [0.5, 0.6) is 11.5 Å². The van der Waals surface area contributed by atoms with Crippen molar-refractivity contribution in [3.63, 3.8) is 0 Å². The fourth-order valence-electron chi connectivity index (χ4n) is 2.93. The summed E-state index contributed by atoms with van der Waals surface area (Å²) in [5.74, 6) is -0.103. The molecule has 3 rings (SSSR count). The van der Waals surface area contributed by atoms with Crippen LogP contribution in [0.15, 0.2) is 33.7 Å². The number of furan rings is 1. The Kier molecular flexibility index (Phi) is 5.81. The number of hydrogen-bond donors (Lipinski definition) is 1. The number of nitrogens with one attached hydrogen (secondary N) is 1. The minimum atomic E-state index is -2.98. The van der Waals surface area contributed by atoms with Crippen molar-refractivity contribution in [3.05, 3.63) is 51.8 Å². The molecule has 1 amide bonds. The Bertz CT molecular complexity index is 1110. The van der Waals surface area contributed by atoms with Crippen LogP contribution in [0.25, 0.3) is 11.1 Å². The Balaban J connectivity index is 1.74. The van der Waals surface area contributed by atoms with Gasteiger partial charge in [-0.1, -0.05) is 6.07 Å². The SMILES string of the molecule is COc1ccc(CCNC(=O)c2c(C)oc3ncn(C)c(=O)c23)cc1OC(F)F. The molecule has 2 aromatic heterocycles. The van der Waals surface area contributed by atoms with Crippen LogP contribution in [0.1, 0.15) is 21.7 Å². The van der Waals surface area contributed by atoms with E-state index in [-0.39, 0.29) is 46.0 Å². The average molecular weight is 407 g/mol. The van der Waals surface area contributed by atoms with Crippen molar-refractivity contribution in [3.8, 4) is 11.5 Å². The second-order valence-corrected chi connectivity index (χ2v) is 6.24. The first-order valence-electron chi connectivity index (χ1n) is 8.66. The molecule has 29 heavy (non-hydrogen) atoms. The van der Waals surface area contributed by atoms with Gasteiger partial charge in [0.05, 0.1) is 12.7 Å². The van der Waals surface area contributed by atoms with Gasteiger partial charge >= 0.3 is 6.61 Å². The van der Waals surface area contributed by atoms with Crippen molar-refractivity contribution < 1.29 is 27.5 Å². The number of carbonyl (C=O) groups is 1. The lowest BCUT2D eigenvalue weighted by atomic mass is 10.1. The third-order valence-electron chi connectivity index (χ3n) is 4.32. The van der Waals surface area contributed by atoms with Gasteiger partial charge in [-0.05, 0) is 31.0 Å². The Morgan fingerprint density at radius 3 is 2.79 bits per heavy atom. The summed E-state index contributed by atoms with van der Waals surface area (Å²) in [4.78, 5) is 29.0. The lowest BCUT2D eigenvalue weighted by molar-refractivity contribution is -0.0512. The van der Waals surface area contributed by atoms with Crippen molar-refractivity contribution >= 4 is 17.0 Å². The number of aryl methyl sites for hydroxylation is 2. The molecule has 8 nitrogen and oxygen atoms in total. The van der Waals surface area contributed by atoms with Crippen molar-refractivity contribution in [2.75, 3.05) is 13.7 Å². The van der Waals surface area contributed by atoms with Crippen LogP contribution in [0, 0.1) is 6.92 Å². The van der Waals surface area contributed by atoms with Crippen molar-refractivity contribution in [2.24, 2.45) is 7.05 Å². The molecule has 0 unspecified atom stereocenters. The first-order valence-corrected chi connectivity index (χ1v) is 8.66. The summed E-state index contributed by atoms with van der Waals surface area (Å²) in [6.07, 6.45) is 1.67. The van der Waals surface area contributed by atoms with E-state index in [9.17, 15) is 18.4 Å². The zero-order valence-electron chi connectivity index (χ0n) is 16.0. The average Bonchev–Trinajstić information content (AvgIpc) is 3.01. The molecule has 2 heterocycles. The van der Waals surface area contributed by atoms with Gasteiger partial charge < -0.3 is 23.8 Å². The Morgan fingerprint density at radius 2 is 2.10 bits per heavy atom. The van der Waals surface area contributed by atoms with Gasteiger partial charge in [0.1, 0.15) is 17.5 Å². The molecular formula is C19H19F2N3O5. The Labute approximate surface area is 164 Å². The van der Waals surface area contributed by atoms with E-state index in [1.54, 1.807) is 13.0 Å². The van der Waals surface area contributed by atoms with E-state index in [1.165, 1.54) is 37.2 Å². The molecule has 10 heteroatoms. The second-order valence-electron chi connectivity index (χ2n) is 6.24. The number of methoxy groups -OCH3 is 1. The van der Waals surface area contributed by atoms with Gasteiger partial charge in [0, 0.05) is 13.6 Å². The van der Waals surface area contributed by atoms with E-state index in [2.05, 4.69) is 15.0 Å². The molecule has 0 saturated carbocycles. The minimum absolute atomic E-state index is 0.0856. The van der Waals surface area contributed by atoms with Crippen molar-refractivity contribution in [1.29, 1.82) is 0 Å². The monoisotopic (exact) mass is 407 g/mol. The fourth-order valence-corrected chi connectivity index (χ4v) is 2.93. The highest BCUT2D eigenvalue weighted by Gasteiger charge is 2.22. The van der Waals surface area contributed by atoms with Crippen LogP contribution in [0.2, 0.25) is 0 Å². The molecule has 0 atom stereocenters. The molecule has 0 bridgehead atoms. The maximum Gasteiger partial charge on any atom is 0.387 e. The molecule has 0 spiro atoms. The third-order valence-corrected chi connectivity index (χ3v) is 4.32. The molecular weight excluding hydrogens is 388 g/mol. The summed E-state index contributed by atoms with van der Waals surface area (Å²) in [7, 11) is 2.88. The number of carbonyl (C=O) groups excluding carboxylic acids is 1. The standard InChI is InChI=1S/C19H19F2N3O5/c1-10-14(15-17(28-10)23-9-24(2)18(15)26)16(25)22-7-6-11-4-5-12(27-3)13(8-11)29-19(20)21/h4-5,8-9,19H,6-7H2,1-3H3,(H,22,25). The highest BCUT2D eigenvalue weighted by Crippen LogP contribution is 2.29. The summed E-state index contributed by atoms with van der Waals surface area (Å²) in [5.41, 5.74) is 0.499. The van der Waals surface area contributed by atoms with E-state index in [4.69, 9.17) is 9.15 Å². The highest BCUT2D eigenvalue weighted by molar-refractivity contribution is 6.06. The molecule has 0 aliphatic carbocycles. The number of rotatable bonds is 7. The smallest absolute Gasteiger partial charge is 0.387 e. The van der Waals surface area contributed by atoms with Gasteiger partial charge in [-0.25, -0.2) is 4.98 Å². The molecule has 3 aromatic rings. The number of ether oxygens (including phenoxy) is 2. The third kappa shape index (κ3) is 4.20. The molecule has 0 fully saturated rings. The number of hydrogen-bond acceptors (Lipinski definition) is 6. The van der Waals surface area contributed by atoms with Gasteiger partial charge in [-0.2, -0.15) is 8.78 Å². The van der Waals surface area contributed by atoms with Gasteiger partial charge in [-0.3, -0.25) is 9.59 Å². The Morgan fingerprint density at radius 1 is 1.34 bits per heavy atom. The summed E-state index contributed by atoms with van der Waals surface area (Å²) < 4.78 is 41.2. The largest absolute Gasteiger partial charge is 0.493 e. The van der Waals surface area contributed by atoms with E-state index < -0.39 is 12.5 Å². The van der Waals surface area contributed by atoms with E-state index in [0.29, 0.717) is 12.0 Å². The maximum atomic E-state index is 12.6. The van der Waals surface area contributed by atoms with Crippen LogP contribution in [-0.4, -0.2) is 35.7 Å². The molecule has 0 aliphatic rings. The number of amides is 1. The zero-order valence-corrected chi connectivity index (χ0v) is 16.0. The van der Waals surface area contributed by atoms with E-state index in [1.807, 2.05) is 0 Å². The Hall–Kier alpha value is -3.43. The zero-order chi connectivity index (χ0) is 21.1. The number of nitrogens with zero attached hydrogens (tertiary/aromatic N) is 2. The maximum absolute atomic E-state index is 12.6. The minimum Gasteiger partial charge on any atom is -0.493 e. The van der Waals surface area contributed by atoms with Crippen LogP contribution in [0.4, 0.5) is 8.78 Å². The summed E-state index contributed by atoms with van der Waals surface area (Å²) in [5, 5.41) is 2.82. The van der Waals surface area contributed by atoms with Gasteiger partial charge in [-0.15, -0.1) is 0 Å². The topological polar surface area (TPSA) is 95.6 Å². The normalized spacial score (nSPS) is 11.1. The summed E-state index contributed by atoms with van der Waals surface area (Å²) in [6, 6.07) is 4.62. The highest BCUT2D eigenvalue weighted by atomic mass is 19.3. The van der Waals surface area contributed by atoms with Crippen LogP contribution in [0.3, 0.4) is 0 Å².